The number of anilines is 2. The maximum atomic E-state index is 5.49. The second-order valence-electron chi connectivity index (χ2n) is 13.6. The lowest BCUT2D eigenvalue weighted by atomic mass is 9.94. The third kappa shape index (κ3) is 6.03. The SMILES string of the molecule is c1ccc(C2=NN(c3cccc([Si](c4ccccc4)(c4ccccc4)c4ccccc4)c3)CN2c2c(-c3ccccc3)cccc2-c2ccccc2)cc1. The molecule has 0 N–H and O–H groups in total. The minimum Gasteiger partial charge on any atom is -0.303 e. The van der Waals surface area contributed by atoms with E-state index in [1.54, 1.807) is 0 Å². The van der Waals surface area contributed by atoms with Gasteiger partial charge in [0.1, 0.15) is 6.67 Å². The number of benzene rings is 8. The van der Waals surface area contributed by atoms with Crippen molar-refractivity contribution < 1.29 is 0 Å². The molecular formula is C50H39N3Si. The Bertz CT molecular complexity index is 2350. The van der Waals surface area contributed by atoms with Crippen LogP contribution in [0.1, 0.15) is 5.56 Å². The van der Waals surface area contributed by atoms with Crippen LogP contribution in [-0.4, -0.2) is 20.6 Å². The van der Waals surface area contributed by atoms with Crippen LogP contribution in [0.5, 0.6) is 0 Å². The van der Waals surface area contributed by atoms with Gasteiger partial charge in [-0.25, -0.2) is 5.01 Å². The molecule has 0 saturated heterocycles. The largest absolute Gasteiger partial charge is 0.303 e. The van der Waals surface area contributed by atoms with Crippen molar-refractivity contribution in [3.63, 3.8) is 0 Å². The fourth-order valence-electron chi connectivity index (χ4n) is 8.02. The lowest BCUT2D eigenvalue weighted by Crippen LogP contribution is -2.74. The summed E-state index contributed by atoms with van der Waals surface area (Å²) in [5.41, 5.74) is 7.93. The minimum atomic E-state index is -2.74. The van der Waals surface area contributed by atoms with E-state index in [1.165, 1.54) is 43.0 Å². The van der Waals surface area contributed by atoms with Gasteiger partial charge < -0.3 is 4.90 Å². The molecule has 8 aromatic carbocycles. The first-order valence-corrected chi connectivity index (χ1v) is 20.5. The molecule has 0 amide bonds. The summed E-state index contributed by atoms with van der Waals surface area (Å²) in [6, 6.07) is 81.1. The molecule has 0 radical (unpaired) electrons. The molecule has 0 bridgehead atoms. The highest BCUT2D eigenvalue weighted by Gasteiger charge is 2.42. The van der Waals surface area contributed by atoms with E-state index in [-0.39, 0.29) is 0 Å². The van der Waals surface area contributed by atoms with Crippen molar-refractivity contribution in [3.8, 4) is 22.3 Å². The van der Waals surface area contributed by atoms with Crippen LogP contribution in [0, 0.1) is 0 Å². The van der Waals surface area contributed by atoms with Crippen molar-refractivity contribution in [2.75, 3.05) is 16.6 Å². The molecule has 4 heteroatoms. The van der Waals surface area contributed by atoms with E-state index in [0.717, 1.165) is 22.8 Å². The number of amidine groups is 1. The molecule has 9 rings (SSSR count). The Kier molecular flexibility index (Phi) is 9.01. The highest BCUT2D eigenvalue weighted by molar-refractivity contribution is 7.19. The Hall–Kier alpha value is -6.75. The van der Waals surface area contributed by atoms with E-state index in [1.807, 2.05) is 0 Å². The summed E-state index contributed by atoms with van der Waals surface area (Å²) in [4.78, 5) is 2.41. The van der Waals surface area contributed by atoms with Gasteiger partial charge in [0.05, 0.1) is 11.4 Å². The van der Waals surface area contributed by atoms with Crippen LogP contribution >= 0.6 is 0 Å². The van der Waals surface area contributed by atoms with Gasteiger partial charge in [-0.2, -0.15) is 5.10 Å². The van der Waals surface area contributed by atoms with Crippen LogP contribution in [0.4, 0.5) is 11.4 Å². The van der Waals surface area contributed by atoms with Crippen molar-refractivity contribution in [2.24, 2.45) is 5.10 Å². The summed E-state index contributed by atoms with van der Waals surface area (Å²) in [5, 5.41) is 13.0. The van der Waals surface area contributed by atoms with E-state index in [9.17, 15) is 0 Å². The number of rotatable bonds is 9. The Morgan fingerprint density at radius 2 is 0.759 bits per heavy atom. The first-order valence-electron chi connectivity index (χ1n) is 18.5. The summed E-state index contributed by atoms with van der Waals surface area (Å²) in [5.74, 6) is 0.916. The van der Waals surface area contributed by atoms with Gasteiger partial charge in [0.15, 0.2) is 13.9 Å². The van der Waals surface area contributed by atoms with Gasteiger partial charge in [-0.1, -0.05) is 212 Å². The summed E-state index contributed by atoms with van der Waals surface area (Å²) < 4.78 is 0. The average molecular weight is 710 g/mol. The predicted molar refractivity (Wildman–Crippen MR) is 230 cm³/mol. The summed E-state index contributed by atoms with van der Waals surface area (Å²) in [6.07, 6.45) is 0. The molecule has 1 heterocycles. The van der Waals surface area contributed by atoms with Crippen molar-refractivity contribution in [3.05, 3.63) is 230 Å². The van der Waals surface area contributed by atoms with Gasteiger partial charge >= 0.3 is 0 Å². The number of hydrogen-bond donors (Lipinski definition) is 0. The molecule has 0 saturated carbocycles. The molecule has 258 valence electrons. The first-order chi connectivity index (χ1) is 26.8. The van der Waals surface area contributed by atoms with Crippen molar-refractivity contribution in [1.82, 2.24) is 0 Å². The first kappa shape index (κ1) is 33.1. The zero-order chi connectivity index (χ0) is 36.2. The van der Waals surface area contributed by atoms with Gasteiger partial charge in [-0.15, -0.1) is 0 Å². The Labute approximate surface area is 318 Å². The third-order valence-corrected chi connectivity index (χ3v) is 15.2. The average Bonchev–Trinajstić information content (AvgIpc) is 3.71. The second kappa shape index (κ2) is 14.7. The molecule has 1 aliphatic heterocycles. The fourth-order valence-corrected chi connectivity index (χ4v) is 12.8. The normalized spacial score (nSPS) is 12.8. The molecule has 0 unspecified atom stereocenters. The van der Waals surface area contributed by atoms with Gasteiger partial charge in [-0.05, 0) is 44.0 Å². The van der Waals surface area contributed by atoms with Crippen molar-refractivity contribution in [2.45, 2.75) is 0 Å². The van der Waals surface area contributed by atoms with Gasteiger partial charge in [0.2, 0.25) is 0 Å². The van der Waals surface area contributed by atoms with Crippen LogP contribution in [0.15, 0.2) is 230 Å². The smallest absolute Gasteiger partial charge is 0.179 e. The molecule has 0 aliphatic carbocycles. The van der Waals surface area contributed by atoms with E-state index < -0.39 is 8.07 Å². The van der Waals surface area contributed by atoms with Crippen LogP contribution < -0.4 is 30.7 Å². The molecule has 3 nitrogen and oxygen atoms in total. The zero-order valence-corrected chi connectivity index (χ0v) is 30.9. The predicted octanol–water partition coefficient (Wildman–Crippen LogP) is 9.04. The quantitative estimate of drug-likeness (QED) is 0.110. The van der Waals surface area contributed by atoms with Crippen molar-refractivity contribution >= 4 is 46.0 Å². The lowest BCUT2D eigenvalue weighted by Gasteiger charge is -2.35. The Morgan fingerprint density at radius 3 is 1.22 bits per heavy atom. The lowest BCUT2D eigenvalue weighted by molar-refractivity contribution is 0.913. The van der Waals surface area contributed by atoms with Gasteiger partial charge in [0, 0.05) is 16.7 Å². The van der Waals surface area contributed by atoms with E-state index in [2.05, 4.69) is 234 Å². The van der Waals surface area contributed by atoms with Crippen LogP contribution in [0.3, 0.4) is 0 Å². The van der Waals surface area contributed by atoms with Crippen LogP contribution in [0.25, 0.3) is 22.3 Å². The molecular weight excluding hydrogens is 671 g/mol. The third-order valence-electron chi connectivity index (χ3n) is 10.5. The fraction of sp³-hybridized carbons (Fsp3) is 0.0200. The van der Waals surface area contributed by atoms with Crippen LogP contribution in [0.2, 0.25) is 0 Å². The maximum Gasteiger partial charge on any atom is 0.179 e. The summed E-state index contributed by atoms with van der Waals surface area (Å²) >= 11 is 0. The molecule has 0 aromatic heterocycles. The monoisotopic (exact) mass is 709 g/mol. The number of para-hydroxylation sites is 1. The molecule has 0 atom stereocenters. The summed E-state index contributed by atoms with van der Waals surface area (Å²) in [7, 11) is -2.74. The second-order valence-corrected chi connectivity index (χ2v) is 17.4. The van der Waals surface area contributed by atoms with Gasteiger partial charge in [0.25, 0.3) is 0 Å². The highest BCUT2D eigenvalue weighted by atomic mass is 28.3. The van der Waals surface area contributed by atoms with Gasteiger partial charge in [-0.3, -0.25) is 0 Å². The molecule has 54 heavy (non-hydrogen) atoms. The summed E-state index contributed by atoms with van der Waals surface area (Å²) in [6.45, 7) is 0.550. The molecule has 1 aliphatic rings. The molecule has 8 aromatic rings. The van der Waals surface area contributed by atoms with Crippen LogP contribution in [-0.2, 0) is 0 Å². The molecule has 0 fully saturated rings. The van der Waals surface area contributed by atoms with E-state index in [0.29, 0.717) is 6.67 Å². The van der Waals surface area contributed by atoms with Crippen molar-refractivity contribution in [1.29, 1.82) is 0 Å². The minimum absolute atomic E-state index is 0.550. The Balaban J connectivity index is 1.24. The number of nitrogens with zero attached hydrogens (tertiary/aromatic N) is 3. The maximum absolute atomic E-state index is 5.49. The molecule has 0 spiro atoms. The standard InChI is InChI=1S/C50H39N3Si/c1-7-21-39(22-8-1)47-35-20-36-48(40-23-9-2-10-24-40)49(47)52-38-53(51-50(52)41-25-11-3-12-26-41)42-27-19-34-46(37-42)54(43-28-13-4-14-29-43,44-30-15-5-16-31-44)45-32-17-6-18-33-45/h1-37H,38H2. The zero-order valence-electron chi connectivity index (χ0n) is 29.9. The topological polar surface area (TPSA) is 18.8 Å². The number of hydrogen-bond acceptors (Lipinski definition) is 3. The van der Waals surface area contributed by atoms with E-state index >= 15 is 0 Å². The highest BCUT2D eigenvalue weighted by Crippen LogP contribution is 2.42. The number of hydrazone groups is 1. The van der Waals surface area contributed by atoms with E-state index in [4.69, 9.17) is 5.10 Å². The Morgan fingerprint density at radius 1 is 0.370 bits per heavy atom.